The molecule has 2 aliphatic rings. The first-order chi connectivity index (χ1) is 9.15. The molecule has 2 heterocycles. The molecule has 108 valence electrons. The molecule has 2 aliphatic heterocycles. The van der Waals surface area contributed by atoms with Gasteiger partial charge in [-0.05, 0) is 0 Å². The molecular formula is C14H27BO3Sn. The van der Waals surface area contributed by atoms with Crippen molar-refractivity contribution in [2.75, 3.05) is 0 Å². The molecule has 0 saturated carbocycles. The van der Waals surface area contributed by atoms with Gasteiger partial charge in [0.15, 0.2) is 0 Å². The van der Waals surface area contributed by atoms with E-state index in [0.29, 0.717) is 0 Å². The van der Waals surface area contributed by atoms with Crippen LogP contribution in [0.1, 0.15) is 52.9 Å². The van der Waals surface area contributed by atoms with Crippen molar-refractivity contribution in [3.8, 4) is 0 Å². The van der Waals surface area contributed by atoms with Crippen LogP contribution < -0.4 is 0 Å². The minimum absolute atomic E-state index is 0.00876. The van der Waals surface area contributed by atoms with Gasteiger partial charge in [-0.25, -0.2) is 0 Å². The Morgan fingerprint density at radius 1 is 0.947 bits per heavy atom. The Morgan fingerprint density at radius 2 is 1.53 bits per heavy atom. The van der Waals surface area contributed by atoms with Gasteiger partial charge >= 0.3 is 124 Å². The number of unbranched alkanes of at least 4 members (excludes halogenated alkanes) is 2. The monoisotopic (exact) mass is 374 g/mol. The van der Waals surface area contributed by atoms with Gasteiger partial charge in [0.1, 0.15) is 0 Å². The van der Waals surface area contributed by atoms with Crippen molar-refractivity contribution in [3.05, 3.63) is 0 Å². The van der Waals surface area contributed by atoms with Crippen LogP contribution in [0.25, 0.3) is 0 Å². The van der Waals surface area contributed by atoms with E-state index in [1.165, 1.54) is 34.6 Å². The second-order valence-electron chi connectivity index (χ2n) is 5.83. The van der Waals surface area contributed by atoms with E-state index in [-0.39, 0.29) is 24.3 Å². The standard InChI is InChI=1S/C6H9BO3.2C4H9.Sn/c1-2-3-4(8)5(9)6(7)10-3;2*1-3-4-2;/h3-6H,2H2,1H3;2*1,3-4H2,2H3;/q-2;;;+2/t3-,4?,5+,6-;;;/m1.../s1. The van der Waals surface area contributed by atoms with Crippen molar-refractivity contribution in [1.82, 2.24) is 0 Å². The van der Waals surface area contributed by atoms with Crippen molar-refractivity contribution in [2.45, 2.75) is 86.1 Å². The molecule has 1 unspecified atom stereocenters. The first kappa shape index (κ1) is 16.1. The van der Waals surface area contributed by atoms with Gasteiger partial charge in [0.2, 0.25) is 0 Å². The zero-order valence-electron chi connectivity index (χ0n) is 12.6. The van der Waals surface area contributed by atoms with E-state index < -0.39 is 19.2 Å². The van der Waals surface area contributed by atoms with E-state index in [2.05, 4.69) is 20.8 Å². The molecule has 0 aliphatic carbocycles. The van der Waals surface area contributed by atoms with Crippen molar-refractivity contribution in [2.24, 2.45) is 0 Å². The van der Waals surface area contributed by atoms with Crippen LogP contribution in [0.2, 0.25) is 8.87 Å². The zero-order chi connectivity index (χ0) is 13.9. The zero-order valence-corrected chi connectivity index (χ0v) is 15.4. The van der Waals surface area contributed by atoms with Crippen molar-refractivity contribution in [3.63, 3.8) is 0 Å². The summed E-state index contributed by atoms with van der Waals surface area (Å²) in [5.74, 6) is 0. The van der Waals surface area contributed by atoms with Gasteiger partial charge in [-0.1, -0.05) is 0 Å². The molecule has 0 aromatic rings. The second kappa shape index (κ2) is 7.14. The molecule has 0 amide bonds. The fourth-order valence-corrected chi connectivity index (χ4v) is 14.9. The summed E-state index contributed by atoms with van der Waals surface area (Å²) in [5, 5.41) is 0. The van der Waals surface area contributed by atoms with Crippen LogP contribution in [0.15, 0.2) is 0 Å². The Bertz CT molecular complexity index is 282. The van der Waals surface area contributed by atoms with Gasteiger partial charge in [0, 0.05) is 0 Å². The summed E-state index contributed by atoms with van der Waals surface area (Å²) in [5.41, 5.74) is 0. The van der Waals surface area contributed by atoms with Gasteiger partial charge in [-0.3, -0.25) is 0 Å². The molecule has 2 fully saturated rings. The Balaban J connectivity index is 2.05. The topological polar surface area (TPSA) is 27.7 Å². The predicted octanol–water partition coefficient (Wildman–Crippen LogP) is 3.12. The van der Waals surface area contributed by atoms with E-state index in [1.807, 2.05) is 0 Å². The van der Waals surface area contributed by atoms with E-state index in [4.69, 9.17) is 18.7 Å². The third-order valence-electron chi connectivity index (χ3n) is 4.27. The van der Waals surface area contributed by atoms with E-state index in [9.17, 15) is 0 Å². The van der Waals surface area contributed by atoms with Crippen LogP contribution in [0.3, 0.4) is 0 Å². The van der Waals surface area contributed by atoms with Gasteiger partial charge < -0.3 is 0 Å². The molecule has 0 N–H and O–H groups in total. The van der Waals surface area contributed by atoms with Crippen LogP contribution in [-0.2, 0) is 10.9 Å². The van der Waals surface area contributed by atoms with Crippen molar-refractivity contribution >= 4 is 27.1 Å². The quantitative estimate of drug-likeness (QED) is 0.643. The maximum absolute atomic E-state index is 6.53. The van der Waals surface area contributed by atoms with E-state index in [0.717, 1.165) is 6.42 Å². The molecule has 0 aromatic carbocycles. The first-order valence-electron chi connectivity index (χ1n) is 7.92. The SMILES string of the molecule is [B][C@@H]1O[C@H](CC)C2[O][Sn]([CH2]CCC)([CH2]CCC)[O][C@@H]21. The molecule has 0 bridgehead atoms. The summed E-state index contributed by atoms with van der Waals surface area (Å²) in [6, 6.07) is -0.281. The maximum atomic E-state index is 6.53. The Kier molecular flexibility index (Phi) is 6.06. The summed E-state index contributed by atoms with van der Waals surface area (Å²) in [4.78, 5) is 0. The van der Waals surface area contributed by atoms with Crippen LogP contribution in [0.5, 0.6) is 0 Å². The van der Waals surface area contributed by atoms with Crippen LogP contribution in [0.4, 0.5) is 0 Å². The molecule has 2 radical (unpaired) electrons. The van der Waals surface area contributed by atoms with Gasteiger partial charge in [0.25, 0.3) is 0 Å². The molecule has 4 atom stereocenters. The molecule has 3 nitrogen and oxygen atoms in total. The third-order valence-corrected chi connectivity index (χ3v) is 14.6. The summed E-state index contributed by atoms with van der Waals surface area (Å²) in [6.07, 6.45) is 6.11. The number of rotatable bonds is 7. The molecule has 19 heavy (non-hydrogen) atoms. The van der Waals surface area contributed by atoms with E-state index in [1.54, 1.807) is 0 Å². The van der Waals surface area contributed by atoms with Crippen molar-refractivity contribution < 1.29 is 10.9 Å². The Morgan fingerprint density at radius 3 is 2.05 bits per heavy atom. The summed E-state index contributed by atoms with van der Waals surface area (Å²) < 4.78 is 21.1. The number of hydrogen-bond acceptors (Lipinski definition) is 3. The second-order valence-corrected chi connectivity index (χ2v) is 15.2. The molecule has 2 saturated heterocycles. The molecule has 0 aromatic heterocycles. The summed E-state index contributed by atoms with van der Waals surface area (Å²) in [6.45, 7) is 6.61. The third kappa shape index (κ3) is 3.50. The van der Waals surface area contributed by atoms with E-state index >= 15 is 0 Å². The average molecular weight is 373 g/mol. The minimum atomic E-state index is -2.86. The van der Waals surface area contributed by atoms with Crippen LogP contribution in [0, 0.1) is 0 Å². The fourth-order valence-electron chi connectivity index (χ4n) is 3.14. The average Bonchev–Trinajstić information content (AvgIpc) is 2.92. The summed E-state index contributed by atoms with van der Waals surface area (Å²) in [7, 11) is 6.07. The Hall–Kier alpha value is 0.744. The van der Waals surface area contributed by atoms with Crippen molar-refractivity contribution in [1.29, 1.82) is 0 Å². The number of hydrogen-bond donors (Lipinski definition) is 0. The first-order valence-corrected chi connectivity index (χ1v) is 14.3. The fraction of sp³-hybridized carbons (Fsp3) is 1.00. The molecule has 2 rings (SSSR count). The molecule has 5 heteroatoms. The molecular weight excluding hydrogens is 346 g/mol. The normalized spacial score (nSPS) is 36.6. The predicted molar refractivity (Wildman–Crippen MR) is 79.6 cm³/mol. The van der Waals surface area contributed by atoms with Crippen LogP contribution >= 0.6 is 0 Å². The van der Waals surface area contributed by atoms with Crippen LogP contribution in [-0.4, -0.2) is 51.4 Å². The number of ether oxygens (including phenoxy) is 1. The van der Waals surface area contributed by atoms with Gasteiger partial charge in [-0.15, -0.1) is 0 Å². The van der Waals surface area contributed by atoms with Gasteiger partial charge in [0.05, 0.1) is 0 Å². The van der Waals surface area contributed by atoms with Gasteiger partial charge in [-0.2, -0.15) is 0 Å². The number of fused-ring (bicyclic) bond motifs is 1. The molecule has 0 spiro atoms. The Labute approximate surface area is 124 Å². The summed E-state index contributed by atoms with van der Waals surface area (Å²) >= 11 is -2.86.